The van der Waals surface area contributed by atoms with Crippen LogP contribution in [0.3, 0.4) is 0 Å². The maximum atomic E-state index is 11.2. The molecule has 108 valence electrons. The molecule has 0 fully saturated rings. The van der Waals surface area contributed by atoms with Crippen LogP contribution in [0.4, 0.5) is 0 Å². The van der Waals surface area contributed by atoms with Crippen LogP contribution in [0.15, 0.2) is 27.1 Å². The molecule has 3 nitrogen and oxygen atoms in total. The molecule has 0 aliphatic carbocycles. The zero-order valence-electron chi connectivity index (χ0n) is 10.6. The van der Waals surface area contributed by atoms with Gasteiger partial charge in [-0.3, -0.25) is 0 Å². The van der Waals surface area contributed by atoms with Gasteiger partial charge in [0.2, 0.25) is 9.05 Å². The Bertz CT molecular complexity index is 512. The fraction of sp³-hybridized carbons (Fsp3) is 0.500. The number of rotatable bonds is 6. The van der Waals surface area contributed by atoms with E-state index in [1.54, 1.807) is 0 Å². The highest BCUT2D eigenvalue weighted by molar-refractivity contribution is 9.11. The quantitative estimate of drug-likeness (QED) is 0.622. The Hall–Kier alpha value is 0.220. The molecule has 0 radical (unpaired) electrons. The highest BCUT2D eigenvalue weighted by Crippen LogP contribution is 2.33. The Labute approximate surface area is 135 Å². The summed E-state index contributed by atoms with van der Waals surface area (Å²) in [6, 6.07) is 5.61. The van der Waals surface area contributed by atoms with Crippen molar-refractivity contribution in [1.82, 2.24) is 0 Å². The summed E-state index contributed by atoms with van der Waals surface area (Å²) in [4.78, 5) is 0. The zero-order chi connectivity index (χ0) is 14.6. The summed E-state index contributed by atoms with van der Waals surface area (Å²) in [7, 11) is 1.79. The van der Waals surface area contributed by atoms with E-state index in [9.17, 15) is 8.42 Å². The van der Waals surface area contributed by atoms with Crippen LogP contribution in [0.1, 0.15) is 13.8 Å². The third kappa shape index (κ3) is 6.02. The molecule has 7 heteroatoms. The summed E-state index contributed by atoms with van der Waals surface area (Å²) in [5.41, 5.74) is 0. The van der Waals surface area contributed by atoms with Gasteiger partial charge in [-0.1, -0.05) is 19.9 Å². The molecule has 0 aliphatic heterocycles. The van der Waals surface area contributed by atoms with E-state index in [4.69, 9.17) is 15.4 Å². The van der Waals surface area contributed by atoms with Crippen molar-refractivity contribution in [2.24, 2.45) is 11.8 Å². The van der Waals surface area contributed by atoms with E-state index in [1.165, 1.54) is 0 Å². The molecule has 0 aliphatic rings. The maximum Gasteiger partial charge on any atom is 0.233 e. The van der Waals surface area contributed by atoms with Crippen LogP contribution in [0.5, 0.6) is 5.75 Å². The van der Waals surface area contributed by atoms with E-state index in [0.717, 1.165) is 8.95 Å². The van der Waals surface area contributed by atoms with Crippen molar-refractivity contribution >= 4 is 51.6 Å². The van der Waals surface area contributed by atoms with Crippen LogP contribution in [-0.4, -0.2) is 20.8 Å². The lowest BCUT2D eigenvalue weighted by atomic mass is 9.99. The first-order valence-corrected chi connectivity index (χ1v) is 9.76. The van der Waals surface area contributed by atoms with Gasteiger partial charge < -0.3 is 4.74 Å². The van der Waals surface area contributed by atoms with Crippen molar-refractivity contribution in [2.45, 2.75) is 13.8 Å². The minimum absolute atomic E-state index is 0.0890. The molecule has 1 atom stereocenters. The predicted molar refractivity (Wildman–Crippen MR) is 85.3 cm³/mol. The largest absolute Gasteiger partial charge is 0.491 e. The van der Waals surface area contributed by atoms with Crippen molar-refractivity contribution in [3.8, 4) is 5.75 Å². The number of benzene rings is 1. The molecule has 0 saturated carbocycles. The fourth-order valence-corrected chi connectivity index (χ4v) is 4.20. The van der Waals surface area contributed by atoms with Crippen LogP contribution in [0, 0.1) is 11.8 Å². The lowest BCUT2D eigenvalue weighted by Crippen LogP contribution is -2.24. The Kier molecular flexibility index (Phi) is 6.63. The molecule has 0 N–H and O–H groups in total. The van der Waals surface area contributed by atoms with Gasteiger partial charge in [0.25, 0.3) is 0 Å². The van der Waals surface area contributed by atoms with Gasteiger partial charge in [-0.2, -0.15) is 0 Å². The fourth-order valence-electron chi connectivity index (χ4n) is 1.50. The molecule has 19 heavy (non-hydrogen) atoms. The van der Waals surface area contributed by atoms with Gasteiger partial charge in [0.1, 0.15) is 5.75 Å². The van der Waals surface area contributed by atoms with Gasteiger partial charge in [0.15, 0.2) is 0 Å². The predicted octanol–water partition coefficient (Wildman–Crippen LogP) is 4.43. The number of para-hydroxylation sites is 1. The standard InChI is InChI=1S/C12H15Br2ClO3S/c1-8(2)9(7-19(15,16)17)6-18-12-10(13)4-3-5-11(12)14/h3-5,8-9H,6-7H2,1-2H3. The SMILES string of the molecule is CC(C)C(COc1c(Br)cccc1Br)CS(=O)(=O)Cl. The molecule has 0 amide bonds. The van der Waals surface area contributed by atoms with Gasteiger partial charge in [-0.25, -0.2) is 8.42 Å². The molecule has 0 heterocycles. The van der Waals surface area contributed by atoms with Gasteiger partial charge in [-0.05, 0) is 49.9 Å². The molecular formula is C12H15Br2ClO3S. The van der Waals surface area contributed by atoms with E-state index in [2.05, 4.69) is 31.9 Å². The van der Waals surface area contributed by atoms with Crippen LogP contribution < -0.4 is 4.74 Å². The summed E-state index contributed by atoms with van der Waals surface area (Å²) >= 11 is 6.79. The molecule has 0 spiro atoms. The maximum absolute atomic E-state index is 11.2. The number of halogens is 3. The lowest BCUT2D eigenvalue weighted by molar-refractivity contribution is 0.223. The first-order chi connectivity index (χ1) is 8.70. The van der Waals surface area contributed by atoms with Crippen molar-refractivity contribution in [2.75, 3.05) is 12.4 Å². The Morgan fingerprint density at radius 3 is 2.21 bits per heavy atom. The zero-order valence-corrected chi connectivity index (χ0v) is 15.3. The van der Waals surface area contributed by atoms with Crippen LogP contribution in [0.2, 0.25) is 0 Å². The average molecular weight is 435 g/mol. The number of hydrogen-bond acceptors (Lipinski definition) is 3. The molecule has 1 aromatic rings. The first-order valence-electron chi connectivity index (χ1n) is 5.70. The molecule has 1 aromatic carbocycles. The minimum Gasteiger partial charge on any atom is -0.491 e. The van der Waals surface area contributed by atoms with Crippen molar-refractivity contribution in [3.63, 3.8) is 0 Å². The first kappa shape index (κ1) is 17.3. The smallest absolute Gasteiger partial charge is 0.233 e. The Morgan fingerprint density at radius 1 is 1.26 bits per heavy atom. The summed E-state index contributed by atoms with van der Waals surface area (Å²) in [6.45, 7) is 4.20. The topological polar surface area (TPSA) is 43.4 Å². The molecule has 0 aromatic heterocycles. The summed E-state index contributed by atoms with van der Waals surface area (Å²) < 4.78 is 29.7. The Morgan fingerprint density at radius 2 is 1.79 bits per heavy atom. The monoisotopic (exact) mass is 432 g/mol. The normalized spacial score (nSPS) is 13.6. The van der Waals surface area contributed by atoms with Crippen LogP contribution in [-0.2, 0) is 9.05 Å². The van der Waals surface area contributed by atoms with E-state index in [0.29, 0.717) is 12.4 Å². The Balaban J connectivity index is 2.77. The van der Waals surface area contributed by atoms with E-state index in [-0.39, 0.29) is 17.6 Å². The van der Waals surface area contributed by atoms with Gasteiger partial charge in [0.05, 0.1) is 21.3 Å². The van der Waals surface area contributed by atoms with Crippen LogP contribution in [0.25, 0.3) is 0 Å². The molecular weight excluding hydrogens is 419 g/mol. The second-order valence-corrected chi connectivity index (χ2v) is 9.10. The van der Waals surface area contributed by atoms with Gasteiger partial charge >= 0.3 is 0 Å². The second-order valence-electron chi connectivity index (χ2n) is 4.57. The molecule has 0 saturated heterocycles. The van der Waals surface area contributed by atoms with Crippen molar-refractivity contribution in [3.05, 3.63) is 27.1 Å². The van der Waals surface area contributed by atoms with E-state index in [1.807, 2.05) is 32.0 Å². The molecule has 1 rings (SSSR count). The minimum atomic E-state index is -3.52. The van der Waals surface area contributed by atoms with E-state index < -0.39 is 9.05 Å². The third-order valence-electron chi connectivity index (χ3n) is 2.72. The summed E-state index contributed by atoms with van der Waals surface area (Å²) in [5, 5.41) is 0. The van der Waals surface area contributed by atoms with E-state index >= 15 is 0 Å². The van der Waals surface area contributed by atoms with Crippen molar-refractivity contribution in [1.29, 1.82) is 0 Å². The molecule has 1 unspecified atom stereocenters. The van der Waals surface area contributed by atoms with Gasteiger partial charge in [0, 0.05) is 16.6 Å². The summed E-state index contributed by atoms with van der Waals surface area (Å²) in [5.74, 6) is 0.588. The summed E-state index contributed by atoms with van der Waals surface area (Å²) in [6.07, 6.45) is 0. The van der Waals surface area contributed by atoms with Crippen molar-refractivity contribution < 1.29 is 13.2 Å². The number of ether oxygens (including phenoxy) is 1. The second kappa shape index (κ2) is 7.29. The molecule has 0 bridgehead atoms. The lowest BCUT2D eigenvalue weighted by Gasteiger charge is -2.20. The highest BCUT2D eigenvalue weighted by Gasteiger charge is 2.22. The van der Waals surface area contributed by atoms with Gasteiger partial charge in [-0.15, -0.1) is 0 Å². The third-order valence-corrected chi connectivity index (χ3v) is 5.17. The number of hydrogen-bond donors (Lipinski definition) is 0. The average Bonchev–Trinajstić information content (AvgIpc) is 2.24. The highest BCUT2D eigenvalue weighted by atomic mass is 79.9. The van der Waals surface area contributed by atoms with Crippen LogP contribution >= 0.6 is 42.5 Å².